The van der Waals surface area contributed by atoms with E-state index in [4.69, 9.17) is 0 Å². The van der Waals surface area contributed by atoms with Crippen LogP contribution in [0.2, 0.25) is 0 Å². The van der Waals surface area contributed by atoms with Crippen molar-refractivity contribution in [3.8, 4) is 0 Å². The van der Waals surface area contributed by atoms with E-state index in [2.05, 4.69) is 40.9 Å². The van der Waals surface area contributed by atoms with Gasteiger partial charge in [0.1, 0.15) is 34.9 Å². The number of imide groups is 2. The molecule has 7 heterocycles. The summed E-state index contributed by atoms with van der Waals surface area (Å²) in [6, 6.07) is 6.83. The van der Waals surface area contributed by atoms with Crippen LogP contribution in [0.15, 0.2) is 55.1 Å². The molecule has 4 aliphatic heterocycles. The predicted molar refractivity (Wildman–Crippen MR) is 197 cm³/mol. The fourth-order valence-electron chi connectivity index (χ4n) is 7.46. The number of hydrogen-bond donors (Lipinski definition) is 3. The van der Waals surface area contributed by atoms with Crippen molar-refractivity contribution < 1.29 is 37.5 Å². The van der Waals surface area contributed by atoms with Crippen LogP contribution in [0.25, 0.3) is 0 Å². The van der Waals surface area contributed by atoms with Crippen molar-refractivity contribution in [1.29, 1.82) is 0 Å². The van der Waals surface area contributed by atoms with Gasteiger partial charge in [0, 0.05) is 32.5 Å². The molecule has 0 spiro atoms. The van der Waals surface area contributed by atoms with E-state index >= 15 is 0 Å². The van der Waals surface area contributed by atoms with Gasteiger partial charge in [0.2, 0.25) is 11.8 Å². The SMILES string of the molecule is Cc1cnc(Nc2cc(C3CCN(C(=O)c4cnc(C(=O)Nc5cccc6c5C(=O)N(C5CCC(=O)NC5=O)C6=O)cn4)CC3)cc(N3CCC(F)(F)C3)n2)cn1. The maximum atomic E-state index is 14.2. The van der Waals surface area contributed by atoms with Crippen LogP contribution in [-0.4, -0.2) is 108 Å². The molecule has 3 saturated heterocycles. The van der Waals surface area contributed by atoms with E-state index in [-0.39, 0.29) is 65.8 Å². The van der Waals surface area contributed by atoms with Crippen molar-refractivity contribution in [1.82, 2.24) is 40.0 Å². The van der Waals surface area contributed by atoms with Crippen LogP contribution in [0, 0.1) is 6.92 Å². The number of anilines is 4. The summed E-state index contributed by atoms with van der Waals surface area (Å²) >= 11 is 0. The van der Waals surface area contributed by atoms with Crippen molar-refractivity contribution >= 4 is 58.6 Å². The predicted octanol–water partition coefficient (Wildman–Crippen LogP) is 3.23. The van der Waals surface area contributed by atoms with Gasteiger partial charge in [0.05, 0.1) is 53.8 Å². The molecule has 8 rings (SSSR count). The summed E-state index contributed by atoms with van der Waals surface area (Å²) in [6.07, 6.45) is 6.34. The zero-order valence-electron chi connectivity index (χ0n) is 30.5. The number of nitrogens with one attached hydrogen (secondary N) is 3. The number of likely N-dealkylation sites (tertiary alicyclic amines) is 1. The number of aryl methyl sites for hydroxylation is 1. The van der Waals surface area contributed by atoms with Crippen LogP contribution in [0.1, 0.15) is 91.0 Å². The van der Waals surface area contributed by atoms with E-state index < -0.39 is 48.0 Å². The molecule has 3 aromatic heterocycles. The van der Waals surface area contributed by atoms with Gasteiger partial charge >= 0.3 is 0 Å². The lowest BCUT2D eigenvalue weighted by Crippen LogP contribution is -2.54. The molecule has 1 unspecified atom stereocenters. The van der Waals surface area contributed by atoms with E-state index in [9.17, 15) is 37.5 Å². The number of halogens is 2. The number of carbonyl (C=O) groups excluding carboxylic acids is 6. The standard InChI is InChI=1S/C38H35F2N11O6/c1-20-15-44-29(18-41-20)46-28-13-22(14-30(47-28)50-12-9-38(39,40)19-50)21-7-10-49(11-8-21)36(56)26-17-42-25(16-43-26)33(53)45-24-4-2-3-23-32(24)37(57)51(35(23)55)27-5-6-31(52)48-34(27)54/h2-4,13-18,21,27H,5-12,19H2,1H3,(H,45,53)(H,44,46,47)(H,48,52,54). The maximum absolute atomic E-state index is 14.2. The monoisotopic (exact) mass is 779 g/mol. The number of carbonyl (C=O) groups is 6. The highest BCUT2D eigenvalue weighted by Gasteiger charge is 2.46. The van der Waals surface area contributed by atoms with Gasteiger partial charge in [-0.25, -0.2) is 28.7 Å². The Morgan fingerprint density at radius 1 is 0.877 bits per heavy atom. The third-order valence-corrected chi connectivity index (χ3v) is 10.4. The Morgan fingerprint density at radius 3 is 2.33 bits per heavy atom. The maximum Gasteiger partial charge on any atom is 0.275 e. The molecule has 4 aliphatic rings. The molecule has 0 saturated carbocycles. The summed E-state index contributed by atoms with van der Waals surface area (Å²) in [5.74, 6) is -5.38. The molecule has 1 aromatic carbocycles. The van der Waals surface area contributed by atoms with Crippen LogP contribution >= 0.6 is 0 Å². The Bertz CT molecular complexity index is 2320. The first kappa shape index (κ1) is 37.1. The van der Waals surface area contributed by atoms with Crippen LogP contribution < -0.4 is 20.9 Å². The summed E-state index contributed by atoms with van der Waals surface area (Å²) in [4.78, 5) is 103. The number of pyridine rings is 1. The lowest BCUT2D eigenvalue weighted by Gasteiger charge is -2.32. The van der Waals surface area contributed by atoms with Gasteiger partial charge in [-0.05, 0) is 61.9 Å². The molecule has 57 heavy (non-hydrogen) atoms. The van der Waals surface area contributed by atoms with Crippen molar-refractivity contribution in [3.63, 3.8) is 0 Å². The molecule has 3 N–H and O–H groups in total. The van der Waals surface area contributed by atoms with Crippen LogP contribution in [0.5, 0.6) is 0 Å². The second-order valence-corrected chi connectivity index (χ2v) is 14.3. The smallest absolute Gasteiger partial charge is 0.275 e. The zero-order valence-corrected chi connectivity index (χ0v) is 30.5. The van der Waals surface area contributed by atoms with Crippen molar-refractivity contribution in [2.75, 3.05) is 41.7 Å². The van der Waals surface area contributed by atoms with E-state index in [1.165, 1.54) is 24.4 Å². The highest BCUT2D eigenvalue weighted by molar-refractivity contribution is 6.26. The van der Waals surface area contributed by atoms with Crippen LogP contribution in [0.3, 0.4) is 0 Å². The average molecular weight is 780 g/mol. The number of aromatic nitrogens is 5. The Kier molecular flexibility index (Phi) is 9.58. The van der Waals surface area contributed by atoms with Crippen molar-refractivity contribution in [2.45, 2.75) is 56.9 Å². The molecule has 0 aliphatic carbocycles. The molecule has 19 heteroatoms. The van der Waals surface area contributed by atoms with Gasteiger partial charge in [-0.2, -0.15) is 0 Å². The zero-order chi connectivity index (χ0) is 40.0. The molecule has 3 fully saturated rings. The van der Waals surface area contributed by atoms with Gasteiger partial charge in [-0.3, -0.25) is 44.0 Å². The summed E-state index contributed by atoms with van der Waals surface area (Å²) in [7, 11) is 0. The molecule has 0 radical (unpaired) electrons. The molecule has 6 amide bonds. The molecule has 292 valence electrons. The molecule has 17 nitrogen and oxygen atoms in total. The number of benzene rings is 1. The molecular weight excluding hydrogens is 744 g/mol. The Balaban J connectivity index is 0.917. The molecular formula is C38H35F2N11O6. The summed E-state index contributed by atoms with van der Waals surface area (Å²) in [6.45, 7) is 2.31. The summed E-state index contributed by atoms with van der Waals surface area (Å²) in [5.41, 5.74) is 1.39. The molecule has 0 bridgehead atoms. The topological polar surface area (TPSA) is 213 Å². The van der Waals surface area contributed by atoms with Gasteiger partial charge in [-0.1, -0.05) is 6.07 Å². The Morgan fingerprint density at radius 2 is 1.65 bits per heavy atom. The van der Waals surface area contributed by atoms with E-state index in [0.717, 1.165) is 22.4 Å². The van der Waals surface area contributed by atoms with Crippen LogP contribution in [0.4, 0.5) is 31.9 Å². The lowest BCUT2D eigenvalue weighted by atomic mass is 9.89. The van der Waals surface area contributed by atoms with Gasteiger partial charge in [-0.15, -0.1) is 0 Å². The first-order valence-corrected chi connectivity index (χ1v) is 18.3. The molecule has 1 atom stereocenters. The largest absolute Gasteiger partial charge is 0.350 e. The first-order chi connectivity index (χ1) is 27.3. The number of fused-ring (bicyclic) bond motifs is 1. The number of amides is 6. The fourth-order valence-corrected chi connectivity index (χ4v) is 7.46. The van der Waals surface area contributed by atoms with Crippen molar-refractivity contribution in [3.05, 3.63) is 88.9 Å². The normalized spacial score (nSPS) is 19.4. The van der Waals surface area contributed by atoms with Crippen LogP contribution in [-0.2, 0) is 9.59 Å². The number of alkyl halides is 2. The first-order valence-electron chi connectivity index (χ1n) is 18.3. The quantitative estimate of drug-likeness (QED) is 0.220. The second-order valence-electron chi connectivity index (χ2n) is 14.3. The third-order valence-electron chi connectivity index (χ3n) is 10.4. The minimum Gasteiger partial charge on any atom is -0.350 e. The van der Waals surface area contributed by atoms with Gasteiger partial charge in [0.15, 0.2) is 0 Å². The van der Waals surface area contributed by atoms with Crippen molar-refractivity contribution in [2.24, 2.45) is 0 Å². The Labute approximate surface area is 323 Å². The highest BCUT2D eigenvalue weighted by atomic mass is 19.3. The Hall–Kier alpha value is -6.79. The minimum absolute atomic E-state index is 0.00145. The summed E-state index contributed by atoms with van der Waals surface area (Å²) < 4.78 is 28.3. The average Bonchev–Trinajstić information content (AvgIpc) is 3.70. The van der Waals surface area contributed by atoms with E-state index in [1.54, 1.807) is 22.2 Å². The number of hydrogen-bond acceptors (Lipinski definition) is 13. The second kappa shape index (κ2) is 14.7. The number of rotatable bonds is 8. The van der Waals surface area contributed by atoms with Gasteiger partial charge < -0.3 is 20.4 Å². The van der Waals surface area contributed by atoms with E-state index in [0.29, 0.717) is 43.4 Å². The fraction of sp³-hybridized carbons (Fsp3) is 0.342. The number of nitrogens with zero attached hydrogens (tertiary/aromatic N) is 8. The van der Waals surface area contributed by atoms with E-state index in [1.807, 2.05) is 19.1 Å². The minimum atomic E-state index is -2.81. The third kappa shape index (κ3) is 7.47. The highest BCUT2D eigenvalue weighted by Crippen LogP contribution is 2.36. The summed E-state index contributed by atoms with van der Waals surface area (Å²) in [5, 5.41) is 7.87. The van der Waals surface area contributed by atoms with Gasteiger partial charge in [0.25, 0.3) is 29.6 Å². The number of piperidine rings is 2. The lowest BCUT2D eigenvalue weighted by molar-refractivity contribution is -0.136. The molecule has 4 aromatic rings.